The van der Waals surface area contributed by atoms with Crippen LogP contribution in [0.2, 0.25) is 0 Å². The Bertz CT molecular complexity index is 387. The maximum atomic E-state index is 11.7. The molecule has 0 aliphatic carbocycles. The maximum absolute atomic E-state index is 11.7. The van der Waals surface area contributed by atoms with E-state index in [9.17, 15) is 4.79 Å². The molecule has 0 saturated carbocycles. The predicted molar refractivity (Wildman–Crippen MR) is 64.1 cm³/mol. The van der Waals surface area contributed by atoms with Gasteiger partial charge in [-0.15, -0.1) is 0 Å². The number of aliphatic hydroxyl groups excluding tert-OH is 1. The average Bonchev–Trinajstić information content (AvgIpc) is 2.46. The van der Waals surface area contributed by atoms with E-state index in [0.29, 0.717) is 19.7 Å². The summed E-state index contributed by atoms with van der Waals surface area (Å²) in [5, 5.41) is 11.3. The van der Waals surface area contributed by atoms with Crippen LogP contribution in [0.5, 0.6) is 0 Å². The first-order valence-electron chi connectivity index (χ1n) is 5.81. The van der Waals surface area contributed by atoms with Crippen molar-refractivity contribution in [2.24, 2.45) is 0 Å². The van der Waals surface area contributed by atoms with Crippen molar-refractivity contribution in [3.8, 4) is 0 Å². The second-order valence-corrected chi connectivity index (χ2v) is 3.92. The van der Waals surface area contributed by atoms with Gasteiger partial charge in [0.25, 0.3) is 5.91 Å². The smallest absolute Gasteiger partial charge is 0.251 e. The highest BCUT2D eigenvalue weighted by molar-refractivity contribution is 5.81. The lowest BCUT2D eigenvalue weighted by molar-refractivity contribution is -0.133. The van der Waals surface area contributed by atoms with Gasteiger partial charge in [0.1, 0.15) is 6.33 Å². The molecule has 1 atom stereocenters. The summed E-state index contributed by atoms with van der Waals surface area (Å²) in [6.07, 6.45) is 4.36. The molecule has 1 amide bonds. The van der Waals surface area contributed by atoms with E-state index in [1.807, 2.05) is 4.90 Å². The first-order valence-corrected chi connectivity index (χ1v) is 5.81. The minimum Gasteiger partial charge on any atom is -0.395 e. The van der Waals surface area contributed by atoms with Crippen molar-refractivity contribution in [1.29, 1.82) is 0 Å². The van der Waals surface area contributed by atoms with Crippen LogP contribution >= 0.6 is 0 Å². The molecule has 0 aromatic carbocycles. The van der Waals surface area contributed by atoms with Crippen LogP contribution in [0.3, 0.4) is 0 Å². The fourth-order valence-electron chi connectivity index (χ4n) is 1.79. The molecule has 7 heteroatoms. The third-order valence-electron chi connectivity index (χ3n) is 2.68. The summed E-state index contributed by atoms with van der Waals surface area (Å²) in [4.78, 5) is 21.6. The van der Waals surface area contributed by atoms with Gasteiger partial charge in [-0.3, -0.25) is 4.79 Å². The number of hydrogen-bond acceptors (Lipinski definition) is 6. The van der Waals surface area contributed by atoms with E-state index in [1.54, 1.807) is 12.4 Å². The molecule has 0 spiro atoms. The maximum Gasteiger partial charge on any atom is 0.251 e. The summed E-state index contributed by atoms with van der Waals surface area (Å²) in [6, 6.07) is 0. The fraction of sp³-hybridized carbons (Fsp3) is 0.545. The SMILES string of the molecule is O=C(NCCO)C1CN(c2cncnc2)CCO1. The lowest BCUT2D eigenvalue weighted by atomic mass is 10.2. The van der Waals surface area contributed by atoms with E-state index in [0.717, 1.165) is 5.69 Å². The Morgan fingerprint density at radius 3 is 3.06 bits per heavy atom. The van der Waals surface area contributed by atoms with E-state index < -0.39 is 6.10 Å². The average molecular weight is 252 g/mol. The first kappa shape index (κ1) is 12.7. The molecule has 1 unspecified atom stereocenters. The Morgan fingerprint density at radius 2 is 2.33 bits per heavy atom. The summed E-state index contributed by atoms with van der Waals surface area (Å²) >= 11 is 0. The van der Waals surface area contributed by atoms with Crippen LogP contribution in [-0.4, -0.2) is 59.9 Å². The predicted octanol–water partition coefficient (Wildman–Crippen LogP) is -1.21. The lowest BCUT2D eigenvalue weighted by Gasteiger charge is -2.33. The number of hydrogen-bond donors (Lipinski definition) is 2. The number of morpholine rings is 1. The molecule has 0 radical (unpaired) electrons. The summed E-state index contributed by atoms with van der Waals surface area (Å²) in [5.74, 6) is -0.203. The van der Waals surface area contributed by atoms with Crippen LogP contribution in [-0.2, 0) is 9.53 Å². The van der Waals surface area contributed by atoms with Crippen LogP contribution < -0.4 is 10.2 Å². The second-order valence-electron chi connectivity index (χ2n) is 3.92. The van der Waals surface area contributed by atoms with Crippen molar-refractivity contribution < 1.29 is 14.6 Å². The van der Waals surface area contributed by atoms with Crippen molar-refractivity contribution in [2.75, 3.05) is 37.7 Å². The molecule has 1 saturated heterocycles. The number of ether oxygens (including phenoxy) is 1. The number of aromatic nitrogens is 2. The van der Waals surface area contributed by atoms with Crippen LogP contribution in [0.1, 0.15) is 0 Å². The highest BCUT2D eigenvalue weighted by Crippen LogP contribution is 2.15. The van der Waals surface area contributed by atoms with Crippen molar-refractivity contribution in [2.45, 2.75) is 6.10 Å². The summed E-state index contributed by atoms with van der Waals surface area (Å²) in [5.41, 5.74) is 0.876. The normalized spacial score (nSPS) is 19.6. The van der Waals surface area contributed by atoms with E-state index in [-0.39, 0.29) is 19.1 Å². The number of aliphatic hydroxyl groups is 1. The largest absolute Gasteiger partial charge is 0.395 e. The van der Waals surface area contributed by atoms with Gasteiger partial charge >= 0.3 is 0 Å². The second kappa shape index (κ2) is 6.27. The van der Waals surface area contributed by atoms with Crippen LogP contribution in [0.4, 0.5) is 5.69 Å². The Labute approximate surface area is 105 Å². The number of amides is 1. The molecule has 1 aliphatic heterocycles. The van der Waals surface area contributed by atoms with E-state index in [4.69, 9.17) is 9.84 Å². The van der Waals surface area contributed by atoms with Crippen molar-refractivity contribution >= 4 is 11.6 Å². The highest BCUT2D eigenvalue weighted by Gasteiger charge is 2.26. The van der Waals surface area contributed by atoms with Crippen LogP contribution in [0.15, 0.2) is 18.7 Å². The monoisotopic (exact) mass is 252 g/mol. The number of nitrogens with zero attached hydrogens (tertiary/aromatic N) is 3. The number of nitrogens with one attached hydrogen (secondary N) is 1. The zero-order valence-electron chi connectivity index (χ0n) is 9.95. The molecule has 7 nitrogen and oxygen atoms in total. The van der Waals surface area contributed by atoms with Gasteiger partial charge < -0.3 is 20.1 Å². The Hall–Kier alpha value is -1.73. The van der Waals surface area contributed by atoms with Crippen molar-refractivity contribution in [3.05, 3.63) is 18.7 Å². The molecule has 1 aromatic rings. The lowest BCUT2D eigenvalue weighted by Crippen LogP contribution is -2.50. The quantitative estimate of drug-likeness (QED) is 0.699. The zero-order valence-corrected chi connectivity index (χ0v) is 9.95. The van der Waals surface area contributed by atoms with Gasteiger partial charge in [0.2, 0.25) is 0 Å². The minimum absolute atomic E-state index is 0.0747. The van der Waals surface area contributed by atoms with Crippen molar-refractivity contribution in [3.63, 3.8) is 0 Å². The summed E-state index contributed by atoms with van der Waals surface area (Å²) in [7, 11) is 0. The Kier molecular flexibility index (Phi) is 4.43. The molecule has 2 rings (SSSR count). The van der Waals surface area contributed by atoms with E-state index in [2.05, 4.69) is 15.3 Å². The van der Waals surface area contributed by atoms with Gasteiger partial charge in [-0.05, 0) is 0 Å². The summed E-state index contributed by atoms with van der Waals surface area (Å²) < 4.78 is 5.41. The molecule has 1 aromatic heterocycles. The zero-order chi connectivity index (χ0) is 12.8. The molecule has 98 valence electrons. The minimum atomic E-state index is -0.523. The molecule has 1 aliphatic rings. The third-order valence-corrected chi connectivity index (χ3v) is 2.68. The van der Waals surface area contributed by atoms with Crippen LogP contribution in [0, 0.1) is 0 Å². The highest BCUT2D eigenvalue weighted by atomic mass is 16.5. The number of carbonyl (C=O) groups excluding carboxylic acids is 1. The van der Waals surface area contributed by atoms with Gasteiger partial charge in [-0.1, -0.05) is 0 Å². The number of carbonyl (C=O) groups is 1. The fourth-order valence-corrected chi connectivity index (χ4v) is 1.79. The third kappa shape index (κ3) is 3.14. The van der Waals surface area contributed by atoms with Crippen molar-refractivity contribution in [1.82, 2.24) is 15.3 Å². The van der Waals surface area contributed by atoms with Gasteiger partial charge in [0, 0.05) is 13.1 Å². The van der Waals surface area contributed by atoms with Gasteiger partial charge in [-0.2, -0.15) is 0 Å². The molecular weight excluding hydrogens is 236 g/mol. The molecule has 2 N–H and O–H groups in total. The summed E-state index contributed by atoms with van der Waals surface area (Å²) in [6.45, 7) is 1.82. The molecule has 18 heavy (non-hydrogen) atoms. The van der Waals surface area contributed by atoms with Gasteiger partial charge in [0.15, 0.2) is 6.10 Å². The molecule has 2 heterocycles. The molecular formula is C11H16N4O3. The van der Waals surface area contributed by atoms with E-state index >= 15 is 0 Å². The topological polar surface area (TPSA) is 87.6 Å². The Morgan fingerprint density at radius 1 is 1.56 bits per heavy atom. The molecule has 1 fully saturated rings. The Balaban J connectivity index is 1.94. The molecule has 0 bridgehead atoms. The van der Waals surface area contributed by atoms with Gasteiger partial charge in [0.05, 0.1) is 37.8 Å². The first-order chi connectivity index (χ1) is 8.81. The number of rotatable bonds is 4. The number of anilines is 1. The van der Waals surface area contributed by atoms with Crippen LogP contribution in [0.25, 0.3) is 0 Å². The van der Waals surface area contributed by atoms with Gasteiger partial charge in [-0.25, -0.2) is 9.97 Å². The standard InChI is InChI=1S/C11H16N4O3/c16-3-1-14-11(17)10-7-15(2-4-18-10)9-5-12-8-13-6-9/h5-6,8,10,16H,1-4,7H2,(H,14,17). The van der Waals surface area contributed by atoms with E-state index in [1.165, 1.54) is 6.33 Å².